The Bertz CT molecular complexity index is 784. The highest BCUT2D eigenvalue weighted by Crippen LogP contribution is 2.32. The van der Waals surface area contributed by atoms with E-state index in [1.807, 2.05) is 0 Å². The van der Waals surface area contributed by atoms with Crippen LogP contribution in [0.25, 0.3) is 0 Å². The van der Waals surface area contributed by atoms with E-state index in [4.69, 9.17) is 14.9 Å². The van der Waals surface area contributed by atoms with E-state index in [1.54, 1.807) is 0 Å². The highest BCUT2D eigenvalue weighted by molar-refractivity contribution is 6.12. The summed E-state index contributed by atoms with van der Waals surface area (Å²) in [4.78, 5) is 57.0. The first kappa shape index (κ1) is 20.4. The van der Waals surface area contributed by atoms with Gasteiger partial charge in [0.2, 0.25) is 0 Å². The highest BCUT2D eigenvalue weighted by Gasteiger charge is 2.32. The molecule has 1 rings (SSSR count). The molecule has 138 valence electrons. The molecule has 0 aromatic heterocycles. The van der Waals surface area contributed by atoms with Gasteiger partial charge in [-0.05, 0) is 18.6 Å². The van der Waals surface area contributed by atoms with Gasteiger partial charge < -0.3 is 25.2 Å². The van der Waals surface area contributed by atoms with Crippen LogP contribution in [0.2, 0.25) is 0 Å². The van der Waals surface area contributed by atoms with E-state index in [0.29, 0.717) is 6.07 Å². The fourth-order valence-corrected chi connectivity index (χ4v) is 2.02. The number of carboxylic acids is 4. The Morgan fingerprint density at radius 2 is 1.31 bits per heavy atom. The lowest BCUT2D eigenvalue weighted by molar-refractivity contribution is -0.116. The number of carbonyl (C=O) groups excluding carboxylic acids is 1. The van der Waals surface area contributed by atoms with Crippen LogP contribution in [0.4, 0.5) is 0 Å². The van der Waals surface area contributed by atoms with Crippen molar-refractivity contribution >= 4 is 29.7 Å². The number of aromatic carboxylic acids is 4. The smallest absolute Gasteiger partial charge is 0.340 e. The van der Waals surface area contributed by atoms with Gasteiger partial charge in [0.05, 0.1) is 17.7 Å². The topological polar surface area (TPSA) is 176 Å². The van der Waals surface area contributed by atoms with Gasteiger partial charge in [0.1, 0.15) is 16.9 Å². The van der Waals surface area contributed by atoms with Crippen LogP contribution in [0.5, 0.6) is 5.75 Å². The molecule has 1 aromatic carbocycles. The number of ketones is 1. The van der Waals surface area contributed by atoms with E-state index in [1.165, 1.54) is 6.92 Å². The van der Waals surface area contributed by atoms with Crippen molar-refractivity contribution in [3.8, 4) is 5.75 Å². The van der Waals surface area contributed by atoms with Gasteiger partial charge in [0, 0.05) is 6.42 Å². The lowest BCUT2D eigenvalue weighted by Crippen LogP contribution is -2.20. The molecule has 1 aromatic rings. The van der Waals surface area contributed by atoms with E-state index < -0.39 is 64.3 Å². The maximum absolute atomic E-state index is 11.5. The van der Waals surface area contributed by atoms with Gasteiger partial charge in [-0.15, -0.1) is 0 Å². The Morgan fingerprint density at radius 1 is 0.885 bits per heavy atom. The molecule has 0 amide bonds. The Kier molecular flexibility index (Phi) is 6.20. The van der Waals surface area contributed by atoms with Crippen LogP contribution < -0.4 is 4.74 Å². The maximum Gasteiger partial charge on any atom is 0.340 e. The minimum atomic E-state index is -1.83. The van der Waals surface area contributed by atoms with Gasteiger partial charge in [-0.3, -0.25) is 4.79 Å². The number of Topliss-reactive ketones (excluding diaryl/α,β-unsaturated/α-hetero) is 1. The average Bonchev–Trinajstić information content (AvgIpc) is 2.52. The van der Waals surface area contributed by atoms with Gasteiger partial charge in [0.15, 0.2) is 5.78 Å². The zero-order valence-electron chi connectivity index (χ0n) is 13.4. The van der Waals surface area contributed by atoms with Crippen LogP contribution in [0.3, 0.4) is 0 Å². The standard InChI is InChI=1S/C16H14O10/c1-6(2)9(17)3-4-26-12-10(15(22)23)7(13(18)19)5-8(14(20)21)11(12)16(24)25/h5H,1,3-4H2,2H3,(H,18,19)(H,20,21)(H,22,23)(H,24,25). The Balaban J connectivity index is 3.64. The first-order valence-electron chi connectivity index (χ1n) is 6.94. The van der Waals surface area contributed by atoms with E-state index in [0.717, 1.165) is 0 Å². The van der Waals surface area contributed by atoms with Gasteiger partial charge >= 0.3 is 23.9 Å². The molecule has 0 bridgehead atoms. The lowest BCUT2D eigenvalue weighted by atomic mass is 9.96. The summed E-state index contributed by atoms with van der Waals surface area (Å²) < 4.78 is 5.04. The average molecular weight is 366 g/mol. The van der Waals surface area contributed by atoms with Crippen LogP contribution in [-0.4, -0.2) is 56.7 Å². The zero-order chi connectivity index (χ0) is 20.2. The van der Waals surface area contributed by atoms with Crippen molar-refractivity contribution in [2.45, 2.75) is 13.3 Å². The molecule has 10 nitrogen and oxygen atoms in total. The van der Waals surface area contributed by atoms with E-state index in [-0.39, 0.29) is 12.0 Å². The second-order valence-corrected chi connectivity index (χ2v) is 5.07. The summed E-state index contributed by atoms with van der Waals surface area (Å²) in [6.07, 6.45) is -0.298. The maximum atomic E-state index is 11.5. The van der Waals surface area contributed by atoms with E-state index in [2.05, 4.69) is 6.58 Å². The van der Waals surface area contributed by atoms with Crippen molar-refractivity contribution in [2.24, 2.45) is 0 Å². The summed E-state index contributed by atoms with van der Waals surface area (Å²) >= 11 is 0. The second-order valence-electron chi connectivity index (χ2n) is 5.07. The highest BCUT2D eigenvalue weighted by atomic mass is 16.5. The molecule has 4 N–H and O–H groups in total. The third-order valence-electron chi connectivity index (χ3n) is 3.22. The van der Waals surface area contributed by atoms with Crippen molar-refractivity contribution in [3.05, 3.63) is 40.5 Å². The molecule has 10 heteroatoms. The predicted octanol–water partition coefficient (Wildman–Crippen LogP) is 1.39. The zero-order valence-corrected chi connectivity index (χ0v) is 13.4. The van der Waals surface area contributed by atoms with Crippen molar-refractivity contribution in [2.75, 3.05) is 6.61 Å². The molecule has 0 saturated carbocycles. The third-order valence-corrected chi connectivity index (χ3v) is 3.22. The molecule has 0 fully saturated rings. The number of carbonyl (C=O) groups is 5. The quantitative estimate of drug-likeness (QED) is 0.467. The Morgan fingerprint density at radius 3 is 1.62 bits per heavy atom. The van der Waals surface area contributed by atoms with Gasteiger partial charge in [-0.1, -0.05) is 6.58 Å². The summed E-state index contributed by atoms with van der Waals surface area (Å²) in [6.45, 7) is 4.31. The van der Waals surface area contributed by atoms with Crippen LogP contribution in [0, 0.1) is 0 Å². The second kappa shape index (κ2) is 7.92. The van der Waals surface area contributed by atoms with E-state index in [9.17, 15) is 34.2 Å². The molecule has 0 radical (unpaired) electrons. The fourth-order valence-electron chi connectivity index (χ4n) is 2.02. The minimum Gasteiger partial charge on any atom is -0.491 e. The molecule has 0 saturated heterocycles. The number of benzene rings is 1. The first-order chi connectivity index (χ1) is 12.0. The number of hydrogen-bond acceptors (Lipinski definition) is 6. The molecule has 0 heterocycles. The molecule has 0 unspecified atom stereocenters. The molecular weight excluding hydrogens is 352 g/mol. The SMILES string of the molecule is C=C(C)C(=O)CCOc1c(C(=O)O)c(C(=O)O)cc(C(=O)O)c1C(=O)O. The third kappa shape index (κ3) is 4.23. The van der Waals surface area contributed by atoms with Crippen LogP contribution in [-0.2, 0) is 4.79 Å². The monoisotopic (exact) mass is 366 g/mol. The number of ether oxygens (including phenoxy) is 1. The Hall–Kier alpha value is -3.69. The number of carboxylic acid groups (broad SMARTS) is 4. The van der Waals surface area contributed by atoms with Gasteiger partial charge in [-0.25, -0.2) is 19.2 Å². The molecule has 26 heavy (non-hydrogen) atoms. The molecule has 0 aliphatic carbocycles. The van der Waals surface area contributed by atoms with Crippen molar-refractivity contribution in [1.29, 1.82) is 0 Å². The molecule has 0 aliphatic heterocycles. The van der Waals surface area contributed by atoms with Crippen LogP contribution in [0.15, 0.2) is 18.2 Å². The number of allylic oxidation sites excluding steroid dienone is 1. The lowest BCUT2D eigenvalue weighted by Gasteiger charge is -2.16. The van der Waals surface area contributed by atoms with Crippen LogP contribution >= 0.6 is 0 Å². The van der Waals surface area contributed by atoms with E-state index >= 15 is 0 Å². The van der Waals surface area contributed by atoms with Gasteiger partial charge in [-0.2, -0.15) is 0 Å². The molecule has 0 atom stereocenters. The summed E-state index contributed by atoms with van der Waals surface area (Å²) in [5.74, 6) is -8.64. The first-order valence-corrected chi connectivity index (χ1v) is 6.94. The normalized spacial score (nSPS) is 10.0. The Labute approximate surface area is 145 Å². The summed E-state index contributed by atoms with van der Waals surface area (Å²) in [6, 6.07) is 0.434. The van der Waals surface area contributed by atoms with Crippen molar-refractivity contribution < 1.29 is 49.1 Å². The number of rotatable bonds is 9. The largest absolute Gasteiger partial charge is 0.491 e. The van der Waals surface area contributed by atoms with Crippen molar-refractivity contribution in [3.63, 3.8) is 0 Å². The number of hydrogen-bond donors (Lipinski definition) is 4. The van der Waals surface area contributed by atoms with Crippen molar-refractivity contribution in [1.82, 2.24) is 0 Å². The summed E-state index contributed by atoms with van der Waals surface area (Å²) in [5, 5.41) is 36.8. The molecule has 0 spiro atoms. The van der Waals surface area contributed by atoms with Crippen LogP contribution in [0.1, 0.15) is 54.8 Å². The predicted molar refractivity (Wildman–Crippen MR) is 84.2 cm³/mol. The summed E-state index contributed by atoms with van der Waals surface area (Å²) in [5.41, 5.74) is -3.79. The minimum absolute atomic E-state index is 0.177. The fraction of sp³-hybridized carbons (Fsp3) is 0.188. The van der Waals surface area contributed by atoms with Gasteiger partial charge in [0.25, 0.3) is 0 Å². The summed E-state index contributed by atoms with van der Waals surface area (Å²) in [7, 11) is 0. The molecule has 0 aliphatic rings. The molecular formula is C16H14O10.